The van der Waals surface area contributed by atoms with Gasteiger partial charge in [-0.15, -0.1) is 0 Å². The molecule has 1 saturated heterocycles. The van der Waals surface area contributed by atoms with Gasteiger partial charge in [-0.3, -0.25) is 0 Å². The molecule has 0 spiro atoms. The molecule has 4 aromatic carbocycles. The van der Waals surface area contributed by atoms with E-state index < -0.39 is 24.0 Å². The molecule has 2 atom stereocenters. The number of rotatable bonds is 5. The van der Waals surface area contributed by atoms with Crippen molar-refractivity contribution in [3.8, 4) is 0 Å². The quantitative estimate of drug-likeness (QED) is 0.403. The van der Waals surface area contributed by atoms with E-state index in [4.69, 9.17) is 4.43 Å². The van der Waals surface area contributed by atoms with Crippen molar-refractivity contribution in [2.75, 3.05) is 0 Å². The predicted molar refractivity (Wildman–Crippen MR) is 144 cm³/mol. The lowest BCUT2D eigenvalue weighted by Gasteiger charge is -2.49. The monoisotopic (exact) mass is 466 g/mol. The zero-order chi connectivity index (χ0) is 21.9. The fourth-order valence-electron chi connectivity index (χ4n) is 5.49. The van der Waals surface area contributed by atoms with Gasteiger partial charge >= 0.3 is 0 Å². The van der Waals surface area contributed by atoms with Crippen LogP contribution in [0.2, 0.25) is 12.1 Å². The smallest absolute Gasteiger partial charge is 0.231 e. The fourth-order valence-corrected chi connectivity index (χ4v) is 41.4. The Morgan fingerprint density at radius 2 is 1.09 bits per heavy atom. The molecule has 0 N–H and O–H groups in total. The van der Waals surface area contributed by atoms with Crippen molar-refractivity contribution in [3.05, 3.63) is 127 Å². The van der Waals surface area contributed by atoms with E-state index in [0.717, 1.165) is 0 Å². The third-order valence-corrected chi connectivity index (χ3v) is 36.3. The molecule has 160 valence electrons. The van der Waals surface area contributed by atoms with Gasteiger partial charge in [-0.25, -0.2) is 0 Å². The van der Waals surface area contributed by atoms with Crippen LogP contribution in [0, 0.1) is 0 Å². The van der Waals surface area contributed by atoms with Crippen LogP contribution < -0.4 is 15.6 Å². The summed E-state index contributed by atoms with van der Waals surface area (Å²) in [6.45, 7) is 2.45. The number of hydrogen-bond donors (Lipinski definition) is 0. The summed E-state index contributed by atoms with van der Waals surface area (Å²) in [4.78, 5) is 0. The first kappa shape index (κ1) is 21.3. The van der Waals surface area contributed by atoms with Gasteiger partial charge in [0, 0.05) is 0 Å². The Hall–Kier alpha value is -2.51. The first-order chi connectivity index (χ1) is 15.8. The van der Waals surface area contributed by atoms with Crippen LogP contribution in [0.3, 0.4) is 0 Å². The molecule has 2 unspecified atom stereocenters. The van der Waals surface area contributed by atoms with Crippen LogP contribution in [0.15, 0.2) is 121 Å². The lowest BCUT2D eigenvalue weighted by atomic mass is 10.1. The van der Waals surface area contributed by atoms with E-state index in [1.54, 1.807) is 5.19 Å². The zero-order valence-corrected chi connectivity index (χ0v) is 22.1. The topological polar surface area (TPSA) is 9.23 Å². The molecule has 5 rings (SSSR count). The van der Waals surface area contributed by atoms with Crippen LogP contribution in [0.5, 0.6) is 0 Å². The third kappa shape index (κ3) is 3.88. The summed E-state index contributed by atoms with van der Waals surface area (Å²) >= 11 is 0. The minimum atomic E-state index is -2.32. The molecule has 4 heteroatoms. The number of benzene rings is 4. The average Bonchev–Trinajstić information content (AvgIpc) is 2.90. The first-order valence-electron chi connectivity index (χ1n) is 11.7. The standard InChI is InChI=1S/C28H30OSi3/c1-2-31(25-17-9-4-10-18-25)23-28(24-15-7-3-8-16-24)29-32(30-31,26-19-11-5-12-20-26)27-21-13-6-14-22-27/h3-22,28H,2,23,30H2,1H3. The summed E-state index contributed by atoms with van der Waals surface area (Å²) < 4.78 is 7.45. The van der Waals surface area contributed by atoms with Crippen LogP contribution in [0.25, 0.3) is 0 Å². The zero-order valence-electron chi connectivity index (χ0n) is 18.7. The molecule has 1 aliphatic rings. The Bertz CT molecular complexity index is 1100. The van der Waals surface area contributed by atoms with Crippen molar-refractivity contribution in [2.24, 2.45) is 0 Å². The van der Waals surface area contributed by atoms with Crippen molar-refractivity contribution in [1.29, 1.82) is 0 Å². The summed E-state index contributed by atoms with van der Waals surface area (Å²) in [5.74, 6) is 0. The van der Waals surface area contributed by atoms with Crippen molar-refractivity contribution in [3.63, 3.8) is 0 Å². The molecule has 1 aliphatic heterocycles. The van der Waals surface area contributed by atoms with E-state index in [0.29, 0.717) is 0 Å². The summed E-state index contributed by atoms with van der Waals surface area (Å²) in [7, 11) is -4.58. The highest BCUT2D eigenvalue weighted by molar-refractivity contribution is 7.61. The Labute approximate surface area is 195 Å². The Balaban J connectivity index is 1.75. The van der Waals surface area contributed by atoms with E-state index in [2.05, 4.69) is 128 Å². The van der Waals surface area contributed by atoms with Crippen LogP contribution in [-0.4, -0.2) is 24.0 Å². The second-order valence-electron chi connectivity index (χ2n) is 8.96. The predicted octanol–water partition coefficient (Wildman–Crippen LogP) is 4.06. The van der Waals surface area contributed by atoms with Gasteiger partial charge in [0.25, 0.3) is 0 Å². The van der Waals surface area contributed by atoms with Crippen molar-refractivity contribution in [1.82, 2.24) is 0 Å². The van der Waals surface area contributed by atoms with Gasteiger partial charge in [0.2, 0.25) is 7.83 Å². The highest BCUT2D eigenvalue weighted by atomic mass is 29.6. The first-order valence-corrected chi connectivity index (χ1v) is 20.6. The molecule has 1 fully saturated rings. The molecule has 0 saturated carbocycles. The largest absolute Gasteiger partial charge is 0.405 e. The van der Waals surface area contributed by atoms with Gasteiger partial charge in [0.05, 0.1) is 22.3 Å². The normalized spacial score (nSPS) is 23.1. The molecule has 0 aromatic heterocycles. The molecule has 4 aromatic rings. The van der Waals surface area contributed by atoms with E-state index in [1.807, 2.05) is 0 Å². The fraction of sp³-hybridized carbons (Fsp3) is 0.143. The van der Waals surface area contributed by atoms with Gasteiger partial charge in [-0.05, 0) is 22.0 Å². The molecule has 1 heterocycles. The molecule has 0 aliphatic carbocycles. The molecule has 0 bridgehead atoms. The second kappa shape index (κ2) is 9.16. The molecular formula is C28H30OSi3. The summed E-state index contributed by atoms with van der Waals surface area (Å²) in [6, 6.07) is 47.5. The molecular weight excluding hydrogens is 437 g/mol. The van der Waals surface area contributed by atoms with E-state index in [9.17, 15) is 0 Å². The maximum absolute atomic E-state index is 7.45. The van der Waals surface area contributed by atoms with Gasteiger partial charge in [0.1, 0.15) is 0 Å². The van der Waals surface area contributed by atoms with Crippen LogP contribution in [-0.2, 0) is 4.43 Å². The van der Waals surface area contributed by atoms with Gasteiger partial charge < -0.3 is 4.43 Å². The Morgan fingerprint density at radius 1 is 0.656 bits per heavy atom. The maximum Gasteiger partial charge on any atom is 0.231 e. The molecule has 0 amide bonds. The highest BCUT2D eigenvalue weighted by Crippen LogP contribution is 2.37. The van der Waals surface area contributed by atoms with Crippen LogP contribution >= 0.6 is 0 Å². The van der Waals surface area contributed by atoms with Gasteiger partial charge in [0.15, 0.2) is 0 Å². The summed E-state index contributed by atoms with van der Waals surface area (Å²) in [5.41, 5.74) is 1.34. The van der Waals surface area contributed by atoms with Crippen molar-refractivity contribution in [2.45, 2.75) is 25.1 Å². The lowest BCUT2D eigenvalue weighted by molar-refractivity contribution is 0.227. The van der Waals surface area contributed by atoms with E-state index in [-0.39, 0.29) is 6.10 Å². The van der Waals surface area contributed by atoms with Crippen molar-refractivity contribution < 1.29 is 4.43 Å². The SMILES string of the molecule is CC[Si]1(c2ccccc2)CC(c2ccccc2)O[Si](c2ccccc2)(c2ccccc2)[SiH2]1. The minimum Gasteiger partial charge on any atom is -0.405 e. The van der Waals surface area contributed by atoms with E-state index in [1.165, 1.54) is 28.0 Å². The van der Waals surface area contributed by atoms with E-state index >= 15 is 0 Å². The Morgan fingerprint density at radius 3 is 1.56 bits per heavy atom. The average molecular weight is 467 g/mol. The molecule has 1 nitrogen and oxygen atoms in total. The highest BCUT2D eigenvalue weighted by Gasteiger charge is 2.55. The lowest BCUT2D eigenvalue weighted by Crippen LogP contribution is -2.78. The third-order valence-electron chi connectivity index (χ3n) is 7.22. The second-order valence-corrected chi connectivity index (χ2v) is 27.9. The van der Waals surface area contributed by atoms with Gasteiger partial charge in [-0.1, -0.05) is 139 Å². The number of hydrogen-bond acceptors (Lipinski definition) is 1. The summed E-state index contributed by atoms with van der Waals surface area (Å²) in [5, 5.41) is 4.56. The van der Waals surface area contributed by atoms with Crippen molar-refractivity contribution >= 4 is 39.5 Å². The molecule has 32 heavy (non-hydrogen) atoms. The van der Waals surface area contributed by atoms with Gasteiger partial charge in [-0.2, -0.15) is 0 Å². The molecule has 0 radical (unpaired) electrons. The Kier molecular flexibility index (Phi) is 6.11. The maximum atomic E-state index is 7.45. The van der Waals surface area contributed by atoms with Crippen LogP contribution in [0.4, 0.5) is 0 Å². The summed E-state index contributed by atoms with van der Waals surface area (Å²) in [6.07, 6.45) is 0.163. The minimum absolute atomic E-state index is 0.163. The van der Waals surface area contributed by atoms with Crippen LogP contribution in [0.1, 0.15) is 18.6 Å².